The highest BCUT2D eigenvalue weighted by Crippen LogP contribution is 2.11. The number of halogens is 1. The third kappa shape index (κ3) is 5.52. The van der Waals surface area contributed by atoms with E-state index in [2.05, 4.69) is 21.2 Å². The molecule has 4 heteroatoms. The summed E-state index contributed by atoms with van der Waals surface area (Å²) in [5, 5.41) is 4.00. The van der Waals surface area contributed by atoms with Crippen LogP contribution in [0.3, 0.4) is 0 Å². The van der Waals surface area contributed by atoms with Crippen LogP contribution in [0.25, 0.3) is 0 Å². The van der Waals surface area contributed by atoms with Gasteiger partial charge in [0.05, 0.1) is 0 Å². The Morgan fingerprint density at radius 1 is 1.33 bits per heavy atom. The van der Waals surface area contributed by atoms with Gasteiger partial charge >= 0.3 is 0 Å². The molecule has 88 valence electrons. The van der Waals surface area contributed by atoms with Crippen molar-refractivity contribution in [2.75, 3.05) is 18.5 Å². The Bertz CT molecular complexity index is 181. The molecule has 0 radical (unpaired) electrons. The van der Waals surface area contributed by atoms with Crippen LogP contribution in [0.2, 0.25) is 0 Å². The van der Waals surface area contributed by atoms with Crippen molar-refractivity contribution in [2.45, 2.75) is 44.6 Å². The van der Waals surface area contributed by atoms with Gasteiger partial charge in [-0.15, -0.1) is 0 Å². The molecule has 1 heterocycles. The molecule has 0 aromatic rings. The number of nitrogens with one attached hydrogen (secondary N) is 1. The van der Waals surface area contributed by atoms with Crippen molar-refractivity contribution in [1.29, 1.82) is 0 Å². The fraction of sp³-hybridized carbons (Fsp3) is 0.909. The number of hydrogen-bond acceptors (Lipinski definition) is 2. The van der Waals surface area contributed by atoms with Crippen molar-refractivity contribution in [3.8, 4) is 0 Å². The Morgan fingerprint density at radius 3 is 2.80 bits per heavy atom. The van der Waals surface area contributed by atoms with Crippen molar-refractivity contribution in [2.24, 2.45) is 0 Å². The van der Waals surface area contributed by atoms with Gasteiger partial charge in [-0.05, 0) is 25.7 Å². The predicted molar refractivity (Wildman–Crippen MR) is 64.2 cm³/mol. The van der Waals surface area contributed by atoms with Crippen LogP contribution in [-0.2, 0) is 9.53 Å². The molecule has 1 N–H and O–H groups in total. The molecule has 1 aliphatic rings. The van der Waals surface area contributed by atoms with E-state index in [9.17, 15) is 4.79 Å². The Kier molecular flexibility index (Phi) is 7.01. The first-order valence-corrected chi connectivity index (χ1v) is 6.92. The van der Waals surface area contributed by atoms with E-state index in [4.69, 9.17) is 4.74 Å². The predicted octanol–water partition coefficient (Wildman–Crippen LogP) is 2.24. The van der Waals surface area contributed by atoms with Gasteiger partial charge in [0, 0.05) is 18.5 Å². The number of ether oxygens (including phenoxy) is 1. The Balaban J connectivity index is 1.92. The number of carbonyl (C=O) groups excluding carboxylic acids is 1. The van der Waals surface area contributed by atoms with E-state index in [0.29, 0.717) is 0 Å². The van der Waals surface area contributed by atoms with Gasteiger partial charge in [0.2, 0.25) is 5.91 Å². The molecular formula is C11H20BrNO2. The van der Waals surface area contributed by atoms with Crippen LogP contribution in [-0.4, -0.2) is 30.5 Å². The van der Waals surface area contributed by atoms with E-state index in [0.717, 1.165) is 37.7 Å². The Morgan fingerprint density at radius 2 is 2.13 bits per heavy atom. The van der Waals surface area contributed by atoms with Crippen LogP contribution < -0.4 is 5.32 Å². The summed E-state index contributed by atoms with van der Waals surface area (Å²) < 4.78 is 5.29. The van der Waals surface area contributed by atoms with Crippen molar-refractivity contribution < 1.29 is 9.53 Å². The minimum Gasteiger partial charge on any atom is -0.368 e. The Labute approximate surface area is 100 Å². The minimum absolute atomic E-state index is 0.0768. The van der Waals surface area contributed by atoms with Crippen LogP contribution >= 0.6 is 15.9 Å². The van der Waals surface area contributed by atoms with Gasteiger partial charge in [-0.3, -0.25) is 4.79 Å². The molecule has 0 spiro atoms. The first kappa shape index (κ1) is 13.0. The number of alkyl halides is 1. The average Bonchev–Trinajstić information content (AvgIpc) is 2.76. The van der Waals surface area contributed by atoms with Crippen LogP contribution in [0.15, 0.2) is 0 Å². The monoisotopic (exact) mass is 277 g/mol. The number of hydrogen-bond donors (Lipinski definition) is 1. The third-order valence-electron chi connectivity index (χ3n) is 2.58. The van der Waals surface area contributed by atoms with E-state index < -0.39 is 0 Å². The van der Waals surface area contributed by atoms with Crippen LogP contribution in [0, 0.1) is 0 Å². The van der Waals surface area contributed by atoms with Gasteiger partial charge in [0.1, 0.15) is 6.10 Å². The van der Waals surface area contributed by atoms with E-state index in [1.54, 1.807) is 0 Å². The van der Waals surface area contributed by atoms with Crippen molar-refractivity contribution in [3.05, 3.63) is 0 Å². The largest absolute Gasteiger partial charge is 0.368 e. The lowest BCUT2D eigenvalue weighted by Crippen LogP contribution is -2.34. The van der Waals surface area contributed by atoms with Gasteiger partial charge in [-0.25, -0.2) is 0 Å². The third-order valence-corrected chi connectivity index (χ3v) is 3.14. The summed E-state index contributed by atoms with van der Waals surface area (Å²) in [6.07, 6.45) is 6.45. The molecule has 0 bridgehead atoms. The zero-order valence-corrected chi connectivity index (χ0v) is 10.7. The molecule has 1 fully saturated rings. The lowest BCUT2D eigenvalue weighted by atomic mass is 10.2. The van der Waals surface area contributed by atoms with Gasteiger partial charge in [0.25, 0.3) is 0 Å². The number of rotatable bonds is 7. The molecule has 1 saturated heterocycles. The average molecular weight is 278 g/mol. The smallest absolute Gasteiger partial charge is 0.249 e. The van der Waals surface area contributed by atoms with Gasteiger partial charge in [-0.1, -0.05) is 28.8 Å². The van der Waals surface area contributed by atoms with Crippen molar-refractivity contribution >= 4 is 21.8 Å². The van der Waals surface area contributed by atoms with Crippen LogP contribution in [0.5, 0.6) is 0 Å². The molecule has 1 atom stereocenters. The molecule has 3 nitrogen and oxygen atoms in total. The standard InChI is InChI=1S/C11H20BrNO2/c12-7-3-1-2-4-8-13-11(14)10-6-5-9-15-10/h10H,1-9H2,(H,13,14). The van der Waals surface area contributed by atoms with E-state index in [-0.39, 0.29) is 12.0 Å². The lowest BCUT2D eigenvalue weighted by molar-refractivity contribution is -0.130. The summed E-state index contributed by atoms with van der Waals surface area (Å²) in [4.78, 5) is 11.5. The van der Waals surface area contributed by atoms with Crippen LogP contribution in [0.4, 0.5) is 0 Å². The van der Waals surface area contributed by atoms with Gasteiger partial charge in [-0.2, -0.15) is 0 Å². The number of unbranched alkanes of at least 4 members (excludes halogenated alkanes) is 3. The molecule has 1 aliphatic heterocycles. The highest BCUT2D eigenvalue weighted by Gasteiger charge is 2.22. The van der Waals surface area contributed by atoms with E-state index in [1.165, 1.54) is 19.3 Å². The molecule has 0 aromatic heterocycles. The summed E-state index contributed by atoms with van der Waals surface area (Å²) in [5.41, 5.74) is 0. The topological polar surface area (TPSA) is 38.3 Å². The maximum atomic E-state index is 11.5. The molecule has 0 aliphatic carbocycles. The summed E-state index contributed by atoms with van der Waals surface area (Å²) in [6.45, 7) is 1.53. The molecule has 1 amide bonds. The quantitative estimate of drug-likeness (QED) is 0.573. The van der Waals surface area contributed by atoms with Gasteiger partial charge < -0.3 is 10.1 Å². The minimum atomic E-state index is -0.174. The maximum absolute atomic E-state index is 11.5. The van der Waals surface area contributed by atoms with E-state index in [1.807, 2.05) is 0 Å². The molecule has 15 heavy (non-hydrogen) atoms. The fourth-order valence-electron chi connectivity index (χ4n) is 1.68. The number of amides is 1. The second-order valence-corrected chi connectivity index (χ2v) is 4.69. The molecule has 1 unspecified atom stereocenters. The summed E-state index contributed by atoms with van der Waals surface area (Å²) >= 11 is 3.40. The molecular weight excluding hydrogens is 258 g/mol. The zero-order chi connectivity index (χ0) is 10.9. The molecule has 1 rings (SSSR count). The van der Waals surface area contributed by atoms with Crippen molar-refractivity contribution in [3.63, 3.8) is 0 Å². The second-order valence-electron chi connectivity index (χ2n) is 3.90. The second kappa shape index (κ2) is 8.11. The van der Waals surface area contributed by atoms with Crippen molar-refractivity contribution in [1.82, 2.24) is 5.32 Å². The van der Waals surface area contributed by atoms with E-state index >= 15 is 0 Å². The summed E-state index contributed by atoms with van der Waals surface area (Å²) in [7, 11) is 0. The Hall–Kier alpha value is -0.0900. The summed E-state index contributed by atoms with van der Waals surface area (Å²) in [5.74, 6) is 0.0768. The summed E-state index contributed by atoms with van der Waals surface area (Å²) in [6, 6.07) is 0. The van der Waals surface area contributed by atoms with Crippen LogP contribution in [0.1, 0.15) is 38.5 Å². The zero-order valence-electron chi connectivity index (χ0n) is 9.14. The first-order chi connectivity index (χ1) is 7.34. The molecule has 0 saturated carbocycles. The highest BCUT2D eigenvalue weighted by atomic mass is 79.9. The maximum Gasteiger partial charge on any atom is 0.249 e. The normalized spacial score (nSPS) is 20.5. The first-order valence-electron chi connectivity index (χ1n) is 5.80. The highest BCUT2D eigenvalue weighted by molar-refractivity contribution is 9.09. The SMILES string of the molecule is O=C(NCCCCCCBr)C1CCCO1. The fourth-order valence-corrected chi connectivity index (χ4v) is 2.08. The van der Waals surface area contributed by atoms with Gasteiger partial charge in [0.15, 0.2) is 0 Å². The lowest BCUT2D eigenvalue weighted by Gasteiger charge is -2.09. The number of carbonyl (C=O) groups is 1. The molecule has 0 aromatic carbocycles.